The normalized spacial score (nSPS) is 26.3. The fraction of sp³-hybridized carbons (Fsp3) is 0.769. The lowest BCUT2D eigenvalue weighted by Gasteiger charge is -2.22. The van der Waals surface area contributed by atoms with Gasteiger partial charge >= 0.3 is 0 Å². The molecule has 1 aliphatic carbocycles. The Morgan fingerprint density at radius 1 is 1.59 bits per heavy atom. The lowest BCUT2D eigenvalue weighted by Crippen LogP contribution is -2.41. The van der Waals surface area contributed by atoms with Crippen molar-refractivity contribution in [3.8, 4) is 0 Å². The van der Waals surface area contributed by atoms with Crippen molar-refractivity contribution in [3.63, 3.8) is 0 Å². The molecule has 1 aromatic rings. The summed E-state index contributed by atoms with van der Waals surface area (Å²) < 4.78 is 1.97. The highest BCUT2D eigenvalue weighted by Crippen LogP contribution is 2.33. The third-order valence-electron chi connectivity index (χ3n) is 3.98. The fourth-order valence-corrected chi connectivity index (χ4v) is 2.92. The minimum absolute atomic E-state index is 0.398. The van der Waals surface area contributed by atoms with Crippen LogP contribution in [0.1, 0.15) is 38.7 Å². The van der Waals surface area contributed by atoms with Crippen LogP contribution in [0.25, 0.3) is 0 Å². The van der Waals surface area contributed by atoms with Gasteiger partial charge in [-0.1, -0.05) is 13.3 Å². The summed E-state index contributed by atoms with van der Waals surface area (Å²) >= 11 is 0. The predicted octanol–water partition coefficient (Wildman–Crippen LogP) is 1.71. The van der Waals surface area contributed by atoms with Crippen molar-refractivity contribution in [2.75, 3.05) is 0 Å². The van der Waals surface area contributed by atoms with Gasteiger partial charge in [-0.05, 0) is 43.6 Å². The maximum Gasteiger partial charge on any atom is 0.0522 e. The second kappa shape index (κ2) is 5.65. The molecule has 96 valence electrons. The largest absolute Gasteiger partial charge is 0.273 e. The first kappa shape index (κ1) is 12.6. The Labute approximate surface area is 104 Å². The summed E-state index contributed by atoms with van der Waals surface area (Å²) in [5.74, 6) is 7.29. The standard InChI is InChI=1S/C13H24N4/c1-3-17-9-11(8-15-17)7-13(16-14)12-5-4-10(2)6-12/h8-10,12-13,16H,3-7,14H2,1-2H3. The monoisotopic (exact) mass is 236 g/mol. The summed E-state index contributed by atoms with van der Waals surface area (Å²) in [6.45, 7) is 5.37. The van der Waals surface area contributed by atoms with Crippen LogP contribution in [-0.4, -0.2) is 15.8 Å². The number of aryl methyl sites for hydroxylation is 1. The van der Waals surface area contributed by atoms with Crippen LogP contribution in [0.15, 0.2) is 12.4 Å². The van der Waals surface area contributed by atoms with Crippen LogP contribution in [0.3, 0.4) is 0 Å². The molecule has 3 atom stereocenters. The topological polar surface area (TPSA) is 55.9 Å². The third kappa shape index (κ3) is 3.07. The zero-order valence-electron chi connectivity index (χ0n) is 10.9. The average molecular weight is 236 g/mol. The Morgan fingerprint density at radius 2 is 2.41 bits per heavy atom. The Kier molecular flexibility index (Phi) is 4.18. The zero-order valence-corrected chi connectivity index (χ0v) is 10.9. The molecule has 2 rings (SSSR count). The van der Waals surface area contributed by atoms with Gasteiger partial charge in [-0.3, -0.25) is 16.0 Å². The number of nitrogens with two attached hydrogens (primary N) is 1. The number of hydrazine groups is 1. The summed E-state index contributed by atoms with van der Waals surface area (Å²) in [5.41, 5.74) is 4.29. The Hall–Kier alpha value is -0.870. The van der Waals surface area contributed by atoms with Crippen molar-refractivity contribution in [1.82, 2.24) is 15.2 Å². The second-order valence-electron chi connectivity index (χ2n) is 5.36. The van der Waals surface area contributed by atoms with E-state index in [0.29, 0.717) is 6.04 Å². The maximum absolute atomic E-state index is 5.71. The number of nitrogens with zero attached hydrogens (tertiary/aromatic N) is 2. The van der Waals surface area contributed by atoms with Crippen molar-refractivity contribution < 1.29 is 0 Å². The minimum Gasteiger partial charge on any atom is -0.273 e. The van der Waals surface area contributed by atoms with E-state index in [-0.39, 0.29) is 0 Å². The molecule has 0 amide bonds. The molecule has 4 nitrogen and oxygen atoms in total. The number of hydrogen-bond donors (Lipinski definition) is 2. The Morgan fingerprint density at radius 3 is 2.94 bits per heavy atom. The highest BCUT2D eigenvalue weighted by atomic mass is 15.3. The molecule has 0 bridgehead atoms. The average Bonchev–Trinajstić information content (AvgIpc) is 2.94. The van der Waals surface area contributed by atoms with Gasteiger partial charge in [0.25, 0.3) is 0 Å². The van der Waals surface area contributed by atoms with E-state index < -0.39 is 0 Å². The van der Waals surface area contributed by atoms with Gasteiger partial charge < -0.3 is 0 Å². The van der Waals surface area contributed by atoms with E-state index in [4.69, 9.17) is 5.84 Å². The molecule has 17 heavy (non-hydrogen) atoms. The van der Waals surface area contributed by atoms with E-state index in [9.17, 15) is 0 Å². The molecule has 1 heterocycles. The first-order valence-corrected chi connectivity index (χ1v) is 6.70. The van der Waals surface area contributed by atoms with Crippen LogP contribution >= 0.6 is 0 Å². The van der Waals surface area contributed by atoms with E-state index in [0.717, 1.165) is 24.8 Å². The quantitative estimate of drug-likeness (QED) is 0.604. The molecule has 0 spiro atoms. The van der Waals surface area contributed by atoms with Gasteiger partial charge in [0.2, 0.25) is 0 Å². The number of aromatic nitrogens is 2. The van der Waals surface area contributed by atoms with Gasteiger partial charge in [-0.25, -0.2) is 0 Å². The fourth-order valence-electron chi connectivity index (χ4n) is 2.92. The van der Waals surface area contributed by atoms with Crippen molar-refractivity contribution >= 4 is 0 Å². The van der Waals surface area contributed by atoms with Crippen LogP contribution in [0.5, 0.6) is 0 Å². The van der Waals surface area contributed by atoms with E-state index in [2.05, 4.69) is 30.6 Å². The molecular weight excluding hydrogens is 212 g/mol. The smallest absolute Gasteiger partial charge is 0.0522 e. The number of rotatable bonds is 5. The van der Waals surface area contributed by atoms with Crippen LogP contribution in [0, 0.1) is 11.8 Å². The van der Waals surface area contributed by atoms with E-state index in [1.54, 1.807) is 0 Å². The summed E-state index contributed by atoms with van der Waals surface area (Å²) in [6, 6.07) is 0.398. The molecule has 3 unspecified atom stereocenters. The van der Waals surface area contributed by atoms with E-state index in [1.807, 2.05) is 10.9 Å². The molecule has 4 heteroatoms. The lowest BCUT2D eigenvalue weighted by molar-refractivity contribution is 0.352. The minimum atomic E-state index is 0.398. The molecule has 1 fully saturated rings. The molecule has 1 saturated carbocycles. The maximum atomic E-state index is 5.71. The molecule has 0 saturated heterocycles. The highest BCUT2D eigenvalue weighted by molar-refractivity contribution is 5.07. The molecule has 1 aliphatic rings. The SMILES string of the molecule is CCn1cc(CC(NN)C2CCC(C)C2)cn1. The van der Waals surface area contributed by atoms with E-state index >= 15 is 0 Å². The predicted molar refractivity (Wildman–Crippen MR) is 69.2 cm³/mol. The van der Waals surface area contributed by atoms with Gasteiger partial charge in [0.05, 0.1) is 6.20 Å². The summed E-state index contributed by atoms with van der Waals surface area (Å²) in [4.78, 5) is 0. The zero-order chi connectivity index (χ0) is 12.3. The summed E-state index contributed by atoms with van der Waals surface area (Å²) in [5, 5.41) is 4.31. The molecular formula is C13H24N4. The van der Waals surface area contributed by atoms with E-state index in [1.165, 1.54) is 24.8 Å². The molecule has 3 N–H and O–H groups in total. The number of nitrogens with one attached hydrogen (secondary N) is 1. The first-order valence-electron chi connectivity index (χ1n) is 6.70. The van der Waals surface area contributed by atoms with Crippen molar-refractivity contribution in [2.24, 2.45) is 17.7 Å². The number of hydrogen-bond acceptors (Lipinski definition) is 3. The summed E-state index contributed by atoms with van der Waals surface area (Å²) in [6.07, 6.45) is 9.04. The van der Waals surface area contributed by atoms with Crippen LogP contribution in [-0.2, 0) is 13.0 Å². The van der Waals surface area contributed by atoms with Gasteiger partial charge in [0.15, 0.2) is 0 Å². The van der Waals surface area contributed by atoms with Crippen molar-refractivity contribution in [3.05, 3.63) is 18.0 Å². The van der Waals surface area contributed by atoms with Gasteiger partial charge in [-0.2, -0.15) is 5.10 Å². The Bertz CT molecular complexity index is 347. The third-order valence-corrected chi connectivity index (χ3v) is 3.98. The summed E-state index contributed by atoms with van der Waals surface area (Å²) in [7, 11) is 0. The van der Waals surface area contributed by atoms with Gasteiger partial charge in [0.1, 0.15) is 0 Å². The van der Waals surface area contributed by atoms with Crippen molar-refractivity contribution in [1.29, 1.82) is 0 Å². The lowest BCUT2D eigenvalue weighted by atomic mass is 9.93. The van der Waals surface area contributed by atoms with Crippen LogP contribution < -0.4 is 11.3 Å². The van der Waals surface area contributed by atoms with Crippen LogP contribution in [0.2, 0.25) is 0 Å². The van der Waals surface area contributed by atoms with Crippen LogP contribution in [0.4, 0.5) is 0 Å². The van der Waals surface area contributed by atoms with Gasteiger partial charge in [-0.15, -0.1) is 0 Å². The molecule has 0 aliphatic heterocycles. The molecule has 0 aromatic carbocycles. The van der Waals surface area contributed by atoms with Crippen molar-refractivity contribution in [2.45, 2.75) is 52.1 Å². The first-order chi connectivity index (χ1) is 8.22. The molecule has 0 radical (unpaired) electrons. The second-order valence-corrected chi connectivity index (χ2v) is 5.36. The molecule has 1 aromatic heterocycles. The highest BCUT2D eigenvalue weighted by Gasteiger charge is 2.28. The van der Waals surface area contributed by atoms with Gasteiger partial charge in [0, 0.05) is 18.8 Å². The Balaban J connectivity index is 1.95.